The van der Waals surface area contributed by atoms with Gasteiger partial charge in [0.25, 0.3) is 5.91 Å². The van der Waals surface area contributed by atoms with E-state index in [1.807, 2.05) is 12.1 Å². The molecule has 1 aromatic heterocycles. The number of aromatic nitrogens is 1. The summed E-state index contributed by atoms with van der Waals surface area (Å²) in [6, 6.07) is 3.82. The highest BCUT2D eigenvalue weighted by Gasteiger charge is 2.18. The van der Waals surface area contributed by atoms with E-state index in [-0.39, 0.29) is 12.0 Å². The highest BCUT2D eigenvalue weighted by atomic mass is 16.5. The zero-order chi connectivity index (χ0) is 15.4. The number of pyridine rings is 1. The SMILES string of the molecule is CC1CCN(c2ccc(C(=O)NCC3CCCO3)cn2)CC1. The predicted octanol–water partition coefficient (Wildman–Crippen LogP) is 2.23. The third kappa shape index (κ3) is 3.77. The molecule has 5 nitrogen and oxygen atoms in total. The molecule has 2 fully saturated rings. The minimum absolute atomic E-state index is 0.0678. The molecule has 3 heterocycles. The van der Waals surface area contributed by atoms with Gasteiger partial charge in [0.2, 0.25) is 0 Å². The molecule has 22 heavy (non-hydrogen) atoms. The second-order valence-electron chi connectivity index (χ2n) is 6.42. The molecule has 1 aromatic rings. The average molecular weight is 303 g/mol. The average Bonchev–Trinajstić information content (AvgIpc) is 3.07. The van der Waals surface area contributed by atoms with Gasteiger partial charge < -0.3 is 15.0 Å². The van der Waals surface area contributed by atoms with Crippen molar-refractivity contribution in [2.24, 2.45) is 5.92 Å². The fraction of sp³-hybridized carbons (Fsp3) is 0.647. The first-order valence-electron chi connectivity index (χ1n) is 8.33. The molecule has 120 valence electrons. The van der Waals surface area contributed by atoms with E-state index in [0.717, 1.165) is 44.3 Å². The molecule has 0 saturated carbocycles. The van der Waals surface area contributed by atoms with Crippen molar-refractivity contribution in [3.05, 3.63) is 23.9 Å². The normalized spacial score (nSPS) is 22.8. The lowest BCUT2D eigenvalue weighted by Crippen LogP contribution is -2.34. The van der Waals surface area contributed by atoms with Gasteiger partial charge in [-0.3, -0.25) is 4.79 Å². The molecule has 0 bridgehead atoms. The first-order chi connectivity index (χ1) is 10.7. The maximum absolute atomic E-state index is 12.1. The molecular formula is C17H25N3O2. The lowest BCUT2D eigenvalue weighted by molar-refractivity contribution is 0.0857. The van der Waals surface area contributed by atoms with Gasteiger partial charge in [0.1, 0.15) is 5.82 Å². The number of ether oxygens (including phenoxy) is 1. The Morgan fingerprint density at radius 3 is 2.82 bits per heavy atom. The smallest absolute Gasteiger partial charge is 0.252 e. The molecule has 0 spiro atoms. The Hall–Kier alpha value is -1.62. The van der Waals surface area contributed by atoms with Crippen molar-refractivity contribution in [1.29, 1.82) is 0 Å². The summed E-state index contributed by atoms with van der Waals surface area (Å²) in [6.07, 6.45) is 6.40. The number of hydrogen-bond donors (Lipinski definition) is 1. The Bertz CT molecular complexity index is 489. The Balaban J connectivity index is 1.53. The van der Waals surface area contributed by atoms with Crippen LogP contribution in [0.3, 0.4) is 0 Å². The van der Waals surface area contributed by atoms with E-state index in [1.54, 1.807) is 6.20 Å². The minimum atomic E-state index is -0.0678. The van der Waals surface area contributed by atoms with E-state index in [2.05, 4.69) is 22.1 Å². The van der Waals surface area contributed by atoms with E-state index in [9.17, 15) is 4.79 Å². The van der Waals surface area contributed by atoms with Crippen molar-refractivity contribution in [2.45, 2.75) is 38.7 Å². The molecule has 1 amide bonds. The van der Waals surface area contributed by atoms with Gasteiger partial charge in [0, 0.05) is 32.4 Å². The van der Waals surface area contributed by atoms with Crippen molar-refractivity contribution >= 4 is 11.7 Å². The fourth-order valence-corrected chi connectivity index (χ4v) is 3.06. The number of anilines is 1. The summed E-state index contributed by atoms with van der Waals surface area (Å²) in [6.45, 7) is 5.81. The molecule has 2 aliphatic rings. The number of amides is 1. The number of nitrogens with one attached hydrogen (secondary N) is 1. The molecule has 2 aliphatic heterocycles. The van der Waals surface area contributed by atoms with Crippen LogP contribution in [0, 0.1) is 5.92 Å². The number of hydrogen-bond acceptors (Lipinski definition) is 4. The van der Waals surface area contributed by atoms with Gasteiger partial charge in [0.15, 0.2) is 0 Å². The summed E-state index contributed by atoms with van der Waals surface area (Å²) < 4.78 is 5.51. The van der Waals surface area contributed by atoms with Crippen LogP contribution in [0.15, 0.2) is 18.3 Å². The number of carbonyl (C=O) groups excluding carboxylic acids is 1. The van der Waals surface area contributed by atoms with Crippen LogP contribution in [0.5, 0.6) is 0 Å². The van der Waals surface area contributed by atoms with E-state index < -0.39 is 0 Å². The lowest BCUT2D eigenvalue weighted by Gasteiger charge is -2.31. The van der Waals surface area contributed by atoms with Gasteiger partial charge in [0.05, 0.1) is 11.7 Å². The van der Waals surface area contributed by atoms with Crippen LogP contribution in [0.2, 0.25) is 0 Å². The molecule has 1 atom stereocenters. The van der Waals surface area contributed by atoms with Crippen molar-refractivity contribution < 1.29 is 9.53 Å². The molecule has 1 N–H and O–H groups in total. The van der Waals surface area contributed by atoms with Gasteiger partial charge >= 0.3 is 0 Å². The lowest BCUT2D eigenvalue weighted by atomic mass is 9.99. The van der Waals surface area contributed by atoms with E-state index in [1.165, 1.54) is 12.8 Å². The third-order valence-electron chi connectivity index (χ3n) is 4.63. The Labute approximate surface area is 132 Å². The molecule has 2 saturated heterocycles. The highest BCUT2D eigenvalue weighted by Crippen LogP contribution is 2.21. The van der Waals surface area contributed by atoms with Crippen LogP contribution in [0.25, 0.3) is 0 Å². The van der Waals surface area contributed by atoms with Crippen LogP contribution < -0.4 is 10.2 Å². The van der Waals surface area contributed by atoms with Gasteiger partial charge in [-0.15, -0.1) is 0 Å². The predicted molar refractivity (Wildman–Crippen MR) is 86.2 cm³/mol. The van der Waals surface area contributed by atoms with Crippen LogP contribution in [-0.4, -0.2) is 43.2 Å². The van der Waals surface area contributed by atoms with E-state index in [4.69, 9.17) is 4.74 Å². The maximum Gasteiger partial charge on any atom is 0.252 e. The largest absolute Gasteiger partial charge is 0.376 e. The van der Waals surface area contributed by atoms with Crippen molar-refractivity contribution in [2.75, 3.05) is 31.1 Å². The standard InChI is InChI=1S/C17H25N3O2/c1-13-6-8-20(9-7-13)16-5-4-14(11-18-16)17(21)19-12-15-3-2-10-22-15/h4-5,11,13,15H,2-3,6-10,12H2,1H3,(H,19,21). The van der Waals surface area contributed by atoms with E-state index in [0.29, 0.717) is 12.1 Å². The van der Waals surface area contributed by atoms with Gasteiger partial charge in [-0.25, -0.2) is 4.98 Å². The molecule has 0 aliphatic carbocycles. The summed E-state index contributed by atoms with van der Waals surface area (Å²) in [4.78, 5) is 18.9. The highest BCUT2D eigenvalue weighted by molar-refractivity contribution is 5.94. The Kier molecular flexibility index (Phi) is 4.93. The quantitative estimate of drug-likeness (QED) is 0.927. The second-order valence-corrected chi connectivity index (χ2v) is 6.42. The van der Waals surface area contributed by atoms with Crippen LogP contribution in [0.1, 0.15) is 43.0 Å². The molecule has 3 rings (SSSR count). The summed E-state index contributed by atoms with van der Waals surface area (Å²) in [5.41, 5.74) is 0.618. The monoisotopic (exact) mass is 303 g/mol. The molecule has 1 unspecified atom stereocenters. The summed E-state index contributed by atoms with van der Waals surface area (Å²) in [7, 11) is 0. The molecule has 0 radical (unpaired) electrons. The minimum Gasteiger partial charge on any atom is -0.376 e. The third-order valence-corrected chi connectivity index (χ3v) is 4.63. The van der Waals surface area contributed by atoms with Gasteiger partial charge in [-0.1, -0.05) is 6.92 Å². The topological polar surface area (TPSA) is 54.5 Å². The van der Waals surface area contributed by atoms with Crippen LogP contribution in [-0.2, 0) is 4.74 Å². The first-order valence-corrected chi connectivity index (χ1v) is 8.33. The molecule has 5 heteroatoms. The summed E-state index contributed by atoms with van der Waals surface area (Å²) >= 11 is 0. The zero-order valence-electron chi connectivity index (χ0n) is 13.3. The van der Waals surface area contributed by atoms with Gasteiger partial charge in [-0.2, -0.15) is 0 Å². The Morgan fingerprint density at radius 1 is 1.36 bits per heavy atom. The van der Waals surface area contributed by atoms with Crippen molar-refractivity contribution in [3.8, 4) is 0 Å². The number of piperidine rings is 1. The first kappa shape index (κ1) is 15.3. The maximum atomic E-state index is 12.1. The summed E-state index contributed by atoms with van der Waals surface area (Å²) in [5.74, 6) is 1.71. The molecular weight excluding hydrogens is 278 g/mol. The number of carbonyl (C=O) groups is 1. The second kappa shape index (κ2) is 7.09. The fourth-order valence-electron chi connectivity index (χ4n) is 3.06. The Morgan fingerprint density at radius 2 is 2.18 bits per heavy atom. The van der Waals surface area contributed by atoms with Gasteiger partial charge in [-0.05, 0) is 43.7 Å². The summed E-state index contributed by atoms with van der Waals surface area (Å²) in [5, 5.41) is 2.93. The van der Waals surface area contributed by atoms with Crippen molar-refractivity contribution in [3.63, 3.8) is 0 Å². The zero-order valence-corrected chi connectivity index (χ0v) is 13.3. The van der Waals surface area contributed by atoms with Crippen LogP contribution >= 0.6 is 0 Å². The number of rotatable bonds is 4. The van der Waals surface area contributed by atoms with E-state index >= 15 is 0 Å². The molecule has 0 aromatic carbocycles. The van der Waals surface area contributed by atoms with Crippen molar-refractivity contribution in [1.82, 2.24) is 10.3 Å². The number of nitrogens with zero attached hydrogens (tertiary/aromatic N) is 2. The van der Waals surface area contributed by atoms with Crippen LogP contribution in [0.4, 0.5) is 5.82 Å².